The summed E-state index contributed by atoms with van der Waals surface area (Å²) < 4.78 is 33.1. The number of benzene rings is 1. The van der Waals surface area contributed by atoms with Crippen molar-refractivity contribution in [1.29, 1.82) is 0 Å². The van der Waals surface area contributed by atoms with Gasteiger partial charge in [0.1, 0.15) is 12.3 Å². The molecule has 8 nitrogen and oxygen atoms in total. The molecule has 1 saturated heterocycles. The third kappa shape index (κ3) is 4.05. The van der Waals surface area contributed by atoms with E-state index in [0.717, 1.165) is 18.4 Å². The van der Waals surface area contributed by atoms with Crippen LogP contribution in [0, 0.1) is 0 Å². The molecule has 140 valence electrons. The molecule has 1 aliphatic rings. The molecule has 0 atom stereocenters. The van der Waals surface area contributed by atoms with E-state index in [4.69, 9.17) is 4.74 Å². The van der Waals surface area contributed by atoms with Crippen molar-refractivity contribution in [2.45, 2.75) is 31.0 Å². The van der Waals surface area contributed by atoms with E-state index in [1.54, 1.807) is 7.11 Å². The second-order valence-electron chi connectivity index (χ2n) is 6.08. The van der Waals surface area contributed by atoms with Gasteiger partial charge in [0.15, 0.2) is 5.03 Å². The number of methoxy groups -OCH3 is 1. The number of rotatable bonds is 7. The summed E-state index contributed by atoms with van der Waals surface area (Å²) in [6, 6.07) is 7.43. The lowest BCUT2D eigenvalue weighted by Crippen LogP contribution is -2.28. The molecule has 0 aliphatic carbocycles. The Bertz CT molecular complexity index is 872. The zero-order valence-electron chi connectivity index (χ0n) is 14.6. The van der Waals surface area contributed by atoms with Gasteiger partial charge in [0.05, 0.1) is 13.4 Å². The summed E-state index contributed by atoms with van der Waals surface area (Å²) in [5.74, 6) is 0.466. The number of ether oxygens (including phenoxy) is 1. The number of carbonyl (C=O) groups is 1. The summed E-state index contributed by atoms with van der Waals surface area (Å²) in [6.07, 6.45) is 4.50. The number of hydrogen-bond donors (Lipinski definition) is 1. The van der Waals surface area contributed by atoms with Crippen LogP contribution >= 0.6 is 0 Å². The van der Waals surface area contributed by atoms with Crippen LogP contribution in [0.4, 0.5) is 0 Å². The van der Waals surface area contributed by atoms with Crippen molar-refractivity contribution in [2.24, 2.45) is 0 Å². The Labute approximate surface area is 152 Å². The Kier molecular flexibility index (Phi) is 5.58. The SMILES string of the molecule is COc1ccccc1CNC(=O)Cn1cnc(S(=O)(=O)N2CCCC2)c1. The van der Waals surface area contributed by atoms with Gasteiger partial charge < -0.3 is 14.6 Å². The van der Waals surface area contributed by atoms with Crippen LogP contribution in [0.5, 0.6) is 5.75 Å². The van der Waals surface area contributed by atoms with Crippen molar-refractivity contribution < 1.29 is 17.9 Å². The number of nitrogens with one attached hydrogen (secondary N) is 1. The molecule has 0 unspecified atom stereocenters. The minimum absolute atomic E-state index is 0.00231. The number of carbonyl (C=O) groups excluding carboxylic acids is 1. The fraction of sp³-hybridized carbons (Fsp3) is 0.412. The van der Waals surface area contributed by atoms with Gasteiger partial charge in [-0.15, -0.1) is 0 Å². The second-order valence-corrected chi connectivity index (χ2v) is 7.97. The Balaban J connectivity index is 1.59. The Hall–Kier alpha value is -2.39. The first-order valence-electron chi connectivity index (χ1n) is 8.41. The van der Waals surface area contributed by atoms with E-state index in [0.29, 0.717) is 25.4 Å². The molecule has 1 aromatic heterocycles. The van der Waals surface area contributed by atoms with E-state index in [1.165, 1.54) is 21.4 Å². The molecule has 3 rings (SSSR count). The summed E-state index contributed by atoms with van der Waals surface area (Å²) in [5.41, 5.74) is 0.867. The molecule has 9 heteroatoms. The fourth-order valence-electron chi connectivity index (χ4n) is 2.88. The Morgan fingerprint density at radius 1 is 1.27 bits per heavy atom. The minimum Gasteiger partial charge on any atom is -0.496 e. The first-order valence-corrected chi connectivity index (χ1v) is 9.85. The van der Waals surface area contributed by atoms with Crippen LogP contribution in [-0.4, -0.2) is 48.4 Å². The first-order chi connectivity index (χ1) is 12.5. The van der Waals surface area contributed by atoms with E-state index in [2.05, 4.69) is 10.3 Å². The molecule has 26 heavy (non-hydrogen) atoms. The molecule has 0 spiro atoms. The molecular weight excluding hydrogens is 356 g/mol. The van der Waals surface area contributed by atoms with Crippen molar-refractivity contribution in [1.82, 2.24) is 19.2 Å². The number of amides is 1. The van der Waals surface area contributed by atoms with Crippen LogP contribution in [0.3, 0.4) is 0 Å². The number of hydrogen-bond acceptors (Lipinski definition) is 5. The maximum Gasteiger partial charge on any atom is 0.262 e. The second kappa shape index (κ2) is 7.88. The van der Waals surface area contributed by atoms with Gasteiger partial charge in [-0.3, -0.25) is 4.79 Å². The van der Waals surface area contributed by atoms with Gasteiger partial charge in [-0.05, 0) is 18.9 Å². The highest BCUT2D eigenvalue weighted by atomic mass is 32.2. The van der Waals surface area contributed by atoms with Gasteiger partial charge in [-0.25, -0.2) is 13.4 Å². The van der Waals surface area contributed by atoms with Gasteiger partial charge in [-0.1, -0.05) is 18.2 Å². The number of aromatic nitrogens is 2. The fourth-order valence-corrected chi connectivity index (χ4v) is 4.34. The molecule has 0 radical (unpaired) electrons. The lowest BCUT2D eigenvalue weighted by atomic mass is 10.2. The Morgan fingerprint density at radius 3 is 2.73 bits per heavy atom. The average molecular weight is 378 g/mol. The first kappa shape index (κ1) is 18.4. The van der Waals surface area contributed by atoms with Crippen LogP contribution in [0.2, 0.25) is 0 Å². The normalized spacial score (nSPS) is 15.1. The van der Waals surface area contributed by atoms with Crippen LogP contribution in [-0.2, 0) is 27.9 Å². The number of nitrogens with zero attached hydrogens (tertiary/aromatic N) is 3. The van der Waals surface area contributed by atoms with Crippen molar-refractivity contribution >= 4 is 15.9 Å². The average Bonchev–Trinajstić information content (AvgIpc) is 3.32. The topological polar surface area (TPSA) is 93.5 Å². The van der Waals surface area contributed by atoms with Crippen molar-refractivity contribution in [3.63, 3.8) is 0 Å². The molecule has 1 N–H and O–H groups in total. The number of imidazole rings is 1. The van der Waals surface area contributed by atoms with Gasteiger partial charge in [0.25, 0.3) is 10.0 Å². The standard InChI is InChI=1S/C17H22N4O4S/c1-25-15-7-3-2-6-14(15)10-18-16(22)11-20-12-17(19-13-20)26(23,24)21-8-4-5-9-21/h2-3,6-7,12-13H,4-5,8-11H2,1H3,(H,18,22). The van der Waals surface area contributed by atoms with Crippen LogP contribution in [0.25, 0.3) is 0 Å². The summed E-state index contributed by atoms with van der Waals surface area (Å²) in [6.45, 7) is 1.37. The quantitative estimate of drug-likeness (QED) is 0.776. The van der Waals surface area contributed by atoms with E-state index >= 15 is 0 Å². The highest BCUT2D eigenvalue weighted by Gasteiger charge is 2.29. The predicted octanol–water partition coefficient (Wildman–Crippen LogP) is 0.993. The van der Waals surface area contributed by atoms with E-state index in [-0.39, 0.29) is 17.5 Å². The molecule has 1 aliphatic heterocycles. The van der Waals surface area contributed by atoms with Crippen molar-refractivity contribution in [2.75, 3.05) is 20.2 Å². The van der Waals surface area contributed by atoms with Gasteiger partial charge in [-0.2, -0.15) is 4.31 Å². The van der Waals surface area contributed by atoms with Gasteiger partial charge in [0.2, 0.25) is 5.91 Å². The molecule has 1 fully saturated rings. The molecule has 0 bridgehead atoms. The maximum absolute atomic E-state index is 12.5. The van der Waals surface area contributed by atoms with Crippen LogP contribution in [0.1, 0.15) is 18.4 Å². The maximum atomic E-state index is 12.5. The zero-order chi connectivity index (χ0) is 18.6. The molecular formula is C17H22N4O4S. The highest BCUT2D eigenvalue weighted by Crippen LogP contribution is 2.19. The molecule has 1 amide bonds. The summed E-state index contributed by atoms with van der Waals surface area (Å²) in [4.78, 5) is 16.1. The van der Waals surface area contributed by atoms with Gasteiger partial charge >= 0.3 is 0 Å². The molecule has 2 aromatic rings. The summed E-state index contributed by atoms with van der Waals surface area (Å²) >= 11 is 0. The third-order valence-corrected chi connectivity index (χ3v) is 6.06. The van der Waals surface area contributed by atoms with E-state index in [9.17, 15) is 13.2 Å². The molecule has 0 saturated carbocycles. The van der Waals surface area contributed by atoms with Crippen molar-refractivity contribution in [3.05, 3.63) is 42.4 Å². The number of para-hydroxylation sites is 1. The van der Waals surface area contributed by atoms with Gasteiger partial charge in [0, 0.05) is 31.4 Å². The lowest BCUT2D eigenvalue weighted by Gasteiger charge is -2.12. The smallest absolute Gasteiger partial charge is 0.262 e. The van der Waals surface area contributed by atoms with Crippen LogP contribution in [0.15, 0.2) is 41.8 Å². The van der Waals surface area contributed by atoms with Crippen molar-refractivity contribution in [3.8, 4) is 5.75 Å². The van der Waals surface area contributed by atoms with E-state index in [1.807, 2.05) is 24.3 Å². The third-order valence-electron chi connectivity index (χ3n) is 4.27. The highest BCUT2D eigenvalue weighted by molar-refractivity contribution is 7.89. The zero-order valence-corrected chi connectivity index (χ0v) is 15.4. The lowest BCUT2D eigenvalue weighted by molar-refractivity contribution is -0.121. The molecule has 2 heterocycles. The largest absolute Gasteiger partial charge is 0.496 e. The van der Waals surface area contributed by atoms with Crippen LogP contribution < -0.4 is 10.1 Å². The minimum atomic E-state index is -3.56. The predicted molar refractivity (Wildman–Crippen MR) is 95.1 cm³/mol. The summed E-state index contributed by atoms with van der Waals surface area (Å²) in [7, 11) is -1.99. The number of sulfonamides is 1. The Morgan fingerprint density at radius 2 is 2.00 bits per heavy atom. The summed E-state index contributed by atoms with van der Waals surface area (Å²) in [5, 5.41) is 2.78. The molecule has 1 aromatic carbocycles. The van der Waals surface area contributed by atoms with E-state index < -0.39 is 10.0 Å². The monoisotopic (exact) mass is 378 g/mol.